The Morgan fingerprint density at radius 1 is 1.38 bits per heavy atom. The van der Waals surface area contributed by atoms with Gasteiger partial charge in [0, 0.05) is 6.08 Å². The number of carbonyl (C=O) groups excluding carboxylic acids is 1. The van der Waals surface area contributed by atoms with Crippen molar-refractivity contribution in [3.05, 3.63) is 41.5 Å². The van der Waals surface area contributed by atoms with Crippen LogP contribution in [0.1, 0.15) is 30.9 Å². The largest absolute Gasteiger partial charge is 0.463 e. The first kappa shape index (κ1) is 12.5. The Morgan fingerprint density at radius 2 is 2.12 bits per heavy atom. The lowest BCUT2D eigenvalue weighted by Crippen LogP contribution is -2.01. The van der Waals surface area contributed by atoms with Gasteiger partial charge in [-0.1, -0.05) is 37.6 Å². The lowest BCUT2D eigenvalue weighted by Gasteiger charge is -2.00. The van der Waals surface area contributed by atoms with Crippen LogP contribution in [-0.4, -0.2) is 12.6 Å². The van der Waals surface area contributed by atoms with Crippen molar-refractivity contribution in [2.24, 2.45) is 0 Å². The number of aryl methyl sites for hydroxylation is 1. The molecule has 0 heterocycles. The summed E-state index contributed by atoms with van der Waals surface area (Å²) in [6.07, 6.45) is 5.24. The number of unbranched alkanes of at least 4 members (excludes halogenated alkanes) is 1. The Balaban J connectivity index is 2.47. The van der Waals surface area contributed by atoms with E-state index in [0.717, 1.165) is 24.0 Å². The summed E-state index contributed by atoms with van der Waals surface area (Å²) in [6, 6.07) is 7.93. The first-order chi connectivity index (χ1) is 7.74. The predicted octanol–water partition coefficient (Wildman–Crippen LogP) is 3.35. The fraction of sp³-hybridized carbons (Fsp3) is 0.357. The van der Waals surface area contributed by atoms with Crippen LogP contribution in [0, 0.1) is 6.92 Å². The molecule has 0 aliphatic carbocycles. The highest BCUT2D eigenvalue weighted by Crippen LogP contribution is 2.08. The second-order valence-corrected chi connectivity index (χ2v) is 3.71. The van der Waals surface area contributed by atoms with E-state index in [-0.39, 0.29) is 5.97 Å². The first-order valence-electron chi connectivity index (χ1n) is 5.64. The van der Waals surface area contributed by atoms with Crippen molar-refractivity contribution in [3.8, 4) is 0 Å². The molecule has 0 aliphatic rings. The maximum atomic E-state index is 11.3. The predicted molar refractivity (Wildman–Crippen MR) is 66.1 cm³/mol. The summed E-state index contributed by atoms with van der Waals surface area (Å²) in [5, 5.41) is 0. The summed E-state index contributed by atoms with van der Waals surface area (Å²) in [4.78, 5) is 11.3. The van der Waals surface area contributed by atoms with Gasteiger partial charge in [-0.2, -0.15) is 0 Å². The molecule has 1 rings (SSSR count). The van der Waals surface area contributed by atoms with E-state index in [1.165, 1.54) is 6.08 Å². The molecule has 16 heavy (non-hydrogen) atoms. The Morgan fingerprint density at radius 3 is 2.81 bits per heavy atom. The van der Waals surface area contributed by atoms with Crippen molar-refractivity contribution in [1.82, 2.24) is 0 Å². The van der Waals surface area contributed by atoms with Gasteiger partial charge in [0.1, 0.15) is 0 Å². The molecule has 0 N–H and O–H groups in total. The van der Waals surface area contributed by atoms with Crippen LogP contribution in [0.4, 0.5) is 0 Å². The first-order valence-corrected chi connectivity index (χ1v) is 5.64. The topological polar surface area (TPSA) is 26.3 Å². The van der Waals surface area contributed by atoms with Gasteiger partial charge in [-0.15, -0.1) is 0 Å². The number of rotatable bonds is 5. The third-order valence-corrected chi connectivity index (χ3v) is 2.33. The van der Waals surface area contributed by atoms with Gasteiger partial charge in [-0.05, 0) is 30.5 Å². The highest BCUT2D eigenvalue weighted by molar-refractivity contribution is 5.87. The SMILES string of the molecule is CCCCOC(=O)C=Cc1ccccc1C. The zero-order valence-electron chi connectivity index (χ0n) is 9.90. The molecule has 1 aromatic carbocycles. The standard InChI is InChI=1S/C14H18O2/c1-3-4-11-16-14(15)10-9-13-8-6-5-7-12(13)2/h5-10H,3-4,11H2,1-2H3. The molecule has 0 bridgehead atoms. The second-order valence-electron chi connectivity index (χ2n) is 3.71. The number of esters is 1. The smallest absolute Gasteiger partial charge is 0.330 e. The van der Waals surface area contributed by atoms with E-state index < -0.39 is 0 Å². The molecule has 86 valence electrons. The zero-order valence-corrected chi connectivity index (χ0v) is 9.90. The third kappa shape index (κ3) is 4.30. The summed E-state index contributed by atoms with van der Waals surface area (Å²) in [6.45, 7) is 4.59. The minimum atomic E-state index is -0.267. The van der Waals surface area contributed by atoms with Gasteiger partial charge in [0.2, 0.25) is 0 Å². The van der Waals surface area contributed by atoms with Gasteiger partial charge in [0.05, 0.1) is 6.61 Å². The molecule has 0 saturated heterocycles. The van der Waals surface area contributed by atoms with Gasteiger partial charge in [-0.25, -0.2) is 4.79 Å². The van der Waals surface area contributed by atoms with Crippen LogP contribution in [0.25, 0.3) is 6.08 Å². The molecule has 0 radical (unpaired) electrons. The van der Waals surface area contributed by atoms with Gasteiger partial charge >= 0.3 is 5.97 Å². The molecule has 0 aromatic heterocycles. The minimum Gasteiger partial charge on any atom is -0.463 e. The highest BCUT2D eigenvalue weighted by atomic mass is 16.5. The molecule has 1 aromatic rings. The number of ether oxygens (including phenoxy) is 1. The van der Waals surface area contributed by atoms with Crippen LogP contribution >= 0.6 is 0 Å². The molecule has 0 unspecified atom stereocenters. The summed E-state index contributed by atoms with van der Waals surface area (Å²) >= 11 is 0. The number of benzene rings is 1. The Bertz CT molecular complexity index is 367. The monoisotopic (exact) mass is 218 g/mol. The molecule has 0 saturated carbocycles. The van der Waals surface area contributed by atoms with Gasteiger partial charge < -0.3 is 4.74 Å². The molecule has 0 fully saturated rings. The summed E-state index contributed by atoms with van der Waals surface area (Å²) in [7, 11) is 0. The second kappa shape index (κ2) is 6.83. The number of carbonyl (C=O) groups is 1. The zero-order chi connectivity index (χ0) is 11.8. The lowest BCUT2D eigenvalue weighted by atomic mass is 10.1. The van der Waals surface area contributed by atoms with E-state index in [0.29, 0.717) is 6.61 Å². The van der Waals surface area contributed by atoms with Crippen molar-refractivity contribution in [3.63, 3.8) is 0 Å². The van der Waals surface area contributed by atoms with Crippen LogP contribution in [0.3, 0.4) is 0 Å². The Kier molecular flexibility index (Phi) is 5.34. The van der Waals surface area contributed by atoms with E-state index in [1.54, 1.807) is 6.08 Å². The molecule has 0 amide bonds. The van der Waals surface area contributed by atoms with Crippen molar-refractivity contribution in [2.75, 3.05) is 6.61 Å². The molecular formula is C14H18O2. The maximum Gasteiger partial charge on any atom is 0.330 e. The lowest BCUT2D eigenvalue weighted by molar-refractivity contribution is -0.137. The molecule has 0 spiro atoms. The quantitative estimate of drug-likeness (QED) is 0.430. The van der Waals surface area contributed by atoms with Gasteiger partial charge in [0.15, 0.2) is 0 Å². The van der Waals surface area contributed by atoms with Crippen molar-refractivity contribution < 1.29 is 9.53 Å². The van der Waals surface area contributed by atoms with E-state index in [4.69, 9.17) is 4.74 Å². The fourth-order valence-corrected chi connectivity index (χ4v) is 1.30. The summed E-state index contributed by atoms with van der Waals surface area (Å²) < 4.78 is 5.02. The third-order valence-electron chi connectivity index (χ3n) is 2.33. The maximum absolute atomic E-state index is 11.3. The number of hydrogen-bond donors (Lipinski definition) is 0. The van der Waals surface area contributed by atoms with E-state index in [1.807, 2.05) is 31.2 Å². The minimum absolute atomic E-state index is 0.267. The summed E-state index contributed by atoms with van der Waals surface area (Å²) in [5.41, 5.74) is 2.20. The van der Waals surface area contributed by atoms with Gasteiger partial charge in [0.25, 0.3) is 0 Å². The van der Waals surface area contributed by atoms with Crippen LogP contribution in [0.15, 0.2) is 30.3 Å². The Labute approximate surface area is 96.9 Å². The molecule has 0 aliphatic heterocycles. The van der Waals surface area contributed by atoms with Crippen molar-refractivity contribution >= 4 is 12.0 Å². The number of hydrogen-bond acceptors (Lipinski definition) is 2. The molecule has 0 atom stereocenters. The molecule has 2 heteroatoms. The van der Waals surface area contributed by atoms with E-state index >= 15 is 0 Å². The van der Waals surface area contributed by atoms with E-state index in [2.05, 4.69) is 6.92 Å². The fourth-order valence-electron chi connectivity index (χ4n) is 1.30. The van der Waals surface area contributed by atoms with Crippen LogP contribution in [-0.2, 0) is 9.53 Å². The van der Waals surface area contributed by atoms with Crippen LogP contribution < -0.4 is 0 Å². The van der Waals surface area contributed by atoms with Crippen molar-refractivity contribution in [1.29, 1.82) is 0 Å². The van der Waals surface area contributed by atoms with Gasteiger partial charge in [-0.3, -0.25) is 0 Å². The average Bonchev–Trinajstić information content (AvgIpc) is 2.28. The van der Waals surface area contributed by atoms with Crippen LogP contribution in [0.5, 0.6) is 0 Å². The average molecular weight is 218 g/mol. The van der Waals surface area contributed by atoms with E-state index in [9.17, 15) is 4.79 Å². The van der Waals surface area contributed by atoms with Crippen molar-refractivity contribution in [2.45, 2.75) is 26.7 Å². The molecular weight excluding hydrogens is 200 g/mol. The molecule has 2 nitrogen and oxygen atoms in total. The normalized spacial score (nSPS) is 10.6. The highest BCUT2D eigenvalue weighted by Gasteiger charge is 1.97. The summed E-state index contributed by atoms with van der Waals surface area (Å²) in [5.74, 6) is -0.267. The van der Waals surface area contributed by atoms with Crippen LogP contribution in [0.2, 0.25) is 0 Å². The Hall–Kier alpha value is -1.57.